The molecular weight excluding hydrogens is 440 g/mol. The van der Waals surface area contributed by atoms with Crippen LogP contribution in [0.25, 0.3) is 21.9 Å². The number of hydrogen-bond donors (Lipinski definition) is 0. The van der Waals surface area contributed by atoms with Crippen LogP contribution in [0.1, 0.15) is 49.1 Å². The molecule has 35 heavy (non-hydrogen) atoms. The van der Waals surface area contributed by atoms with E-state index in [1.807, 2.05) is 60.7 Å². The molecule has 4 aromatic rings. The molecule has 0 bridgehead atoms. The second-order valence-electron chi connectivity index (χ2n) is 8.85. The second-order valence-corrected chi connectivity index (χ2v) is 8.85. The Morgan fingerprint density at radius 3 is 2.57 bits per heavy atom. The molecule has 1 aliphatic rings. The zero-order valence-corrected chi connectivity index (χ0v) is 20.0. The number of carbonyl (C=O) groups is 1. The van der Waals surface area contributed by atoms with Crippen LogP contribution in [-0.4, -0.2) is 26.3 Å². The number of furan rings is 1. The van der Waals surface area contributed by atoms with Crippen molar-refractivity contribution in [2.24, 2.45) is 0 Å². The van der Waals surface area contributed by atoms with Crippen molar-refractivity contribution < 1.29 is 23.4 Å². The van der Waals surface area contributed by atoms with E-state index in [1.165, 1.54) is 20.0 Å². The number of carbonyl (C=O) groups excluding carboxylic acids is 1. The van der Waals surface area contributed by atoms with Gasteiger partial charge >= 0.3 is 5.97 Å². The van der Waals surface area contributed by atoms with Gasteiger partial charge in [0.05, 0.1) is 32.7 Å². The molecular formula is C30H28O5. The number of hydrogen-bond acceptors (Lipinski definition) is 5. The first kappa shape index (κ1) is 22.9. The smallest absolute Gasteiger partial charge is 0.307 e. The summed E-state index contributed by atoms with van der Waals surface area (Å²) in [6, 6.07) is 19.6. The van der Waals surface area contributed by atoms with E-state index in [4.69, 9.17) is 18.6 Å². The van der Waals surface area contributed by atoms with Gasteiger partial charge in [-0.1, -0.05) is 36.1 Å². The van der Waals surface area contributed by atoms with Crippen LogP contribution in [0.5, 0.6) is 11.5 Å². The Balaban J connectivity index is 1.49. The molecule has 1 saturated carbocycles. The zero-order valence-electron chi connectivity index (χ0n) is 20.0. The first-order valence-corrected chi connectivity index (χ1v) is 12.0. The standard InChI is InChI=1S/C30H28O5/c1-32-28-16-14-21(18-29(28)34-23-7-3-4-8-23)22(19-30(31)33-2)13-11-20-12-15-27-25(17-20)24-9-5-6-10-26(24)35-27/h5-6,9-10,12,14-18,22-23H,3-4,7-8,19H2,1-2H3/t22-/m0/s1. The average Bonchev–Trinajstić information content (AvgIpc) is 3.53. The van der Waals surface area contributed by atoms with Crippen molar-refractivity contribution in [1.82, 2.24) is 0 Å². The summed E-state index contributed by atoms with van der Waals surface area (Å²) in [4.78, 5) is 12.2. The largest absolute Gasteiger partial charge is 0.493 e. The average molecular weight is 469 g/mol. The van der Waals surface area contributed by atoms with Crippen molar-refractivity contribution in [3.05, 3.63) is 71.8 Å². The summed E-state index contributed by atoms with van der Waals surface area (Å²) in [6.07, 6.45) is 4.79. The van der Waals surface area contributed by atoms with Gasteiger partial charge in [0.1, 0.15) is 11.2 Å². The van der Waals surface area contributed by atoms with Gasteiger partial charge in [-0.2, -0.15) is 0 Å². The molecule has 0 amide bonds. The fourth-order valence-electron chi connectivity index (χ4n) is 4.66. The topological polar surface area (TPSA) is 57.9 Å². The molecule has 0 N–H and O–H groups in total. The summed E-state index contributed by atoms with van der Waals surface area (Å²) in [6.45, 7) is 0. The van der Waals surface area contributed by atoms with Crippen LogP contribution in [0, 0.1) is 11.8 Å². The Morgan fingerprint density at radius 1 is 0.971 bits per heavy atom. The summed E-state index contributed by atoms with van der Waals surface area (Å²) in [5, 5.41) is 2.08. The van der Waals surface area contributed by atoms with Gasteiger partial charge in [0.2, 0.25) is 0 Å². The van der Waals surface area contributed by atoms with Gasteiger partial charge in [0.25, 0.3) is 0 Å². The van der Waals surface area contributed by atoms with Gasteiger partial charge in [-0.3, -0.25) is 4.79 Å². The molecule has 1 heterocycles. The molecule has 0 saturated heterocycles. The molecule has 0 aliphatic heterocycles. The molecule has 1 aliphatic carbocycles. The van der Waals surface area contributed by atoms with Crippen LogP contribution in [-0.2, 0) is 9.53 Å². The predicted octanol–water partition coefficient (Wildman–Crippen LogP) is 6.61. The molecule has 1 aromatic heterocycles. The Bertz CT molecular complexity index is 1420. The van der Waals surface area contributed by atoms with Crippen molar-refractivity contribution in [2.45, 2.75) is 44.1 Å². The van der Waals surface area contributed by atoms with E-state index >= 15 is 0 Å². The second kappa shape index (κ2) is 10.1. The minimum absolute atomic E-state index is 0.148. The Morgan fingerprint density at radius 2 is 1.77 bits per heavy atom. The van der Waals surface area contributed by atoms with E-state index < -0.39 is 0 Å². The van der Waals surface area contributed by atoms with Crippen LogP contribution < -0.4 is 9.47 Å². The summed E-state index contributed by atoms with van der Waals surface area (Å²) in [7, 11) is 3.03. The summed E-state index contributed by atoms with van der Waals surface area (Å²) < 4.78 is 22.7. The van der Waals surface area contributed by atoms with E-state index in [0.29, 0.717) is 11.5 Å². The fraction of sp³-hybridized carbons (Fsp3) is 0.300. The molecule has 1 atom stereocenters. The van der Waals surface area contributed by atoms with Crippen molar-refractivity contribution in [3.63, 3.8) is 0 Å². The molecule has 5 heteroatoms. The van der Waals surface area contributed by atoms with Gasteiger partial charge < -0.3 is 18.6 Å². The van der Waals surface area contributed by atoms with Gasteiger partial charge in [-0.25, -0.2) is 0 Å². The first-order chi connectivity index (χ1) is 17.1. The number of fused-ring (bicyclic) bond motifs is 3. The summed E-state index contributed by atoms with van der Waals surface area (Å²) in [5.41, 5.74) is 3.43. The van der Waals surface area contributed by atoms with E-state index in [0.717, 1.165) is 45.9 Å². The van der Waals surface area contributed by atoms with Crippen LogP contribution in [0.2, 0.25) is 0 Å². The lowest BCUT2D eigenvalue weighted by molar-refractivity contribution is -0.140. The molecule has 178 valence electrons. The quantitative estimate of drug-likeness (QED) is 0.235. The lowest BCUT2D eigenvalue weighted by Crippen LogP contribution is -2.12. The highest BCUT2D eigenvalue weighted by Crippen LogP contribution is 2.35. The third-order valence-electron chi connectivity index (χ3n) is 6.55. The number of para-hydroxylation sites is 1. The first-order valence-electron chi connectivity index (χ1n) is 12.0. The maximum Gasteiger partial charge on any atom is 0.307 e. The van der Waals surface area contributed by atoms with Crippen molar-refractivity contribution in [2.75, 3.05) is 14.2 Å². The maximum atomic E-state index is 12.2. The molecule has 0 radical (unpaired) electrons. The van der Waals surface area contributed by atoms with E-state index in [9.17, 15) is 4.79 Å². The van der Waals surface area contributed by atoms with E-state index in [-0.39, 0.29) is 24.4 Å². The molecule has 0 unspecified atom stereocenters. The minimum Gasteiger partial charge on any atom is -0.493 e. The van der Waals surface area contributed by atoms with Crippen LogP contribution in [0.15, 0.2) is 65.1 Å². The zero-order chi connectivity index (χ0) is 24.2. The van der Waals surface area contributed by atoms with Gasteiger partial charge in [0, 0.05) is 16.3 Å². The Kier molecular flexibility index (Phi) is 6.63. The summed E-state index contributed by atoms with van der Waals surface area (Å²) in [5.74, 6) is 7.29. The van der Waals surface area contributed by atoms with Crippen LogP contribution in [0.4, 0.5) is 0 Å². The van der Waals surface area contributed by atoms with E-state index in [1.54, 1.807) is 7.11 Å². The summed E-state index contributed by atoms with van der Waals surface area (Å²) >= 11 is 0. The number of esters is 1. The van der Waals surface area contributed by atoms with Gasteiger partial charge in [-0.15, -0.1) is 0 Å². The molecule has 5 nitrogen and oxygen atoms in total. The van der Waals surface area contributed by atoms with Crippen molar-refractivity contribution in [3.8, 4) is 23.3 Å². The monoisotopic (exact) mass is 468 g/mol. The maximum absolute atomic E-state index is 12.2. The van der Waals surface area contributed by atoms with Crippen LogP contribution >= 0.6 is 0 Å². The Labute approximate surface area is 205 Å². The van der Waals surface area contributed by atoms with E-state index in [2.05, 4.69) is 11.8 Å². The molecule has 0 spiro atoms. The van der Waals surface area contributed by atoms with Crippen LogP contribution in [0.3, 0.4) is 0 Å². The molecule has 3 aromatic carbocycles. The number of benzene rings is 3. The minimum atomic E-state index is -0.351. The highest BCUT2D eigenvalue weighted by molar-refractivity contribution is 6.05. The third kappa shape index (κ3) is 4.97. The molecule has 1 fully saturated rings. The third-order valence-corrected chi connectivity index (χ3v) is 6.55. The highest BCUT2D eigenvalue weighted by atomic mass is 16.5. The van der Waals surface area contributed by atoms with Crippen molar-refractivity contribution >= 4 is 27.9 Å². The van der Waals surface area contributed by atoms with Gasteiger partial charge in [0.15, 0.2) is 11.5 Å². The normalized spacial score (nSPS) is 14.5. The number of rotatable bonds is 6. The van der Waals surface area contributed by atoms with Crippen molar-refractivity contribution in [1.29, 1.82) is 0 Å². The Hall–Kier alpha value is -3.91. The number of methoxy groups -OCH3 is 2. The molecule has 5 rings (SSSR count). The number of ether oxygens (including phenoxy) is 3. The fourth-order valence-corrected chi connectivity index (χ4v) is 4.66. The SMILES string of the molecule is COC(=O)C[C@H](C#Cc1ccc2oc3ccccc3c2c1)c1ccc(OC)c(OC2CCCC2)c1. The lowest BCUT2D eigenvalue weighted by atomic mass is 9.95. The van der Waals surface area contributed by atoms with Gasteiger partial charge in [-0.05, 0) is 67.6 Å². The predicted molar refractivity (Wildman–Crippen MR) is 136 cm³/mol. The highest BCUT2D eigenvalue weighted by Gasteiger charge is 2.21. The lowest BCUT2D eigenvalue weighted by Gasteiger charge is -2.18.